The van der Waals surface area contributed by atoms with E-state index in [1.54, 1.807) is 12.1 Å². The summed E-state index contributed by atoms with van der Waals surface area (Å²) in [5.74, 6) is -0.481. The lowest BCUT2D eigenvalue weighted by Gasteiger charge is -2.47. The van der Waals surface area contributed by atoms with Crippen molar-refractivity contribution < 1.29 is 13.9 Å². The number of carbonyl (C=O) groups excluding carboxylic acids is 1. The summed E-state index contributed by atoms with van der Waals surface area (Å²) in [4.78, 5) is 15.2. The lowest BCUT2D eigenvalue weighted by Crippen LogP contribution is -2.58. The van der Waals surface area contributed by atoms with E-state index in [4.69, 9.17) is 16.3 Å². The molecule has 3 fully saturated rings. The summed E-state index contributed by atoms with van der Waals surface area (Å²) in [6.07, 6.45) is 1.37. The minimum Gasteiger partial charge on any atom is -0.371 e. The van der Waals surface area contributed by atoms with Crippen molar-refractivity contribution in [1.82, 2.24) is 4.90 Å². The van der Waals surface area contributed by atoms with Crippen molar-refractivity contribution >= 4 is 39.7 Å². The lowest BCUT2D eigenvalue weighted by molar-refractivity contribution is -0.171. The topological polar surface area (TPSA) is 41.6 Å². The van der Waals surface area contributed by atoms with Crippen LogP contribution in [-0.4, -0.2) is 36.1 Å². The second-order valence-corrected chi connectivity index (χ2v) is 8.12. The molecule has 0 aliphatic carbocycles. The van der Waals surface area contributed by atoms with E-state index < -0.39 is 5.82 Å². The highest BCUT2D eigenvalue weighted by Crippen LogP contribution is 2.35. The van der Waals surface area contributed by atoms with Crippen LogP contribution < -0.4 is 5.32 Å². The van der Waals surface area contributed by atoms with Gasteiger partial charge in [0.25, 0.3) is 5.91 Å². The van der Waals surface area contributed by atoms with Crippen LogP contribution in [0.3, 0.4) is 0 Å². The van der Waals surface area contributed by atoms with E-state index >= 15 is 0 Å². The number of anilines is 2. The Labute approximate surface area is 173 Å². The van der Waals surface area contributed by atoms with Crippen LogP contribution in [0, 0.1) is 12.7 Å². The molecule has 6 rings (SSSR count). The molecule has 2 unspecified atom stereocenters. The predicted molar refractivity (Wildman–Crippen MR) is 113 cm³/mol. The third kappa shape index (κ3) is 3.15. The zero-order valence-corrected chi connectivity index (χ0v) is 16.7. The van der Waals surface area contributed by atoms with Crippen LogP contribution >= 0.6 is 11.6 Å². The van der Waals surface area contributed by atoms with Gasteiger partial charge in [0.1, 0.15) is 0 Å². The summed E-state index contributed by atoms with van der Waals surface area (Å²) in [5.41, 5.74) is 2.69. The van der Waals surface area contributed by atoms with E-state index in [9.17, 15) is 9.18 Å². The van der Waals surface area contributed by atoms with Crippen LogP contribution in [0.15, 0.2) is 48.5 Å². The van der Waals surface area contributed by atoms with Crippen molar-refractivity contribution in [2.24, 2.45) is 0 Å². The average Bonchev–Trinajstić information content (AvgIpc) is 2.71. The maximum Gasteiger partial charge on any atom is 0.254 e. The molecule has 3 aliphatic rings. The summed E-state index contributed by atoms with van der Waals surface area (Å²) in [7, 11) is 0. The van der Waals surface area contributed by atoms with E-state index in [0.717, 1.165) is 28.4 Å². The van der Waals surface area contributed by atoms with Gasteiger partial charge in [-0.3, -0.25) is 4.79 Å². The normalized spacial score (nSPS) is 20.4. The molecule has 2 atom stereocenters. The highest BCUT2D eigenvalue weighted by atomic mass is 35.5. The molecule has 3 aromatic carbocycles. The second-order valence-electron chi connectivity index (χ2n) is 7.71. The van der Waals surface area contributed by atoms with Gasteiger partial charge < -0.3 is 15.0 Å². The molecular formula is C23H20ClFN2O2. The Morgan fingerprint density at radius 1 is 1.10 bits per heavy atom. The van der Waals surface area contributed by atoms with Crippen molar-refractivity contribution in [2.75, 3.05) is 18.4 Å². The fourth-order valence-electron chi connectivity index (χ4n) is 4.31. The number of halogens is 2. The lowest BCUT2D eigenvalue weighted by atomic mass is 9.95. The van der Waals surface area contributed by atoms with Gasteiger partial charge in [-0.2, -0.15) is 0 Å². The number of amides is 1. The zero-order valence-electron chi connectivity index (χ0n) is 15.9. The number of piperidine rings is 1. The molecule has 148 valence electrons. The van der Waals surface area contributed by atoms with Gasteiger partial charge in [-0.25, -0.2) is 4.39 Å². The zero-order chi connectivity index (χ0) is 20.1. The molecule has 3 aliphatic heterocycles. The number of nitrogens with zero attached hydrogens (tertiary/aromatic N) is 1. The summed E-state index contributed by atoms with van der Waals surface area (Å²) in [5, 5.41) is 4.95. The van der Waals surface area contributed by atoms with Crippen LogP contribution in [0.1, 0.15) is 22.3 Å². The fraction of sp³-hybridized carbons (Fsp3) is 0.261. The monoisotopic (exact) mass is 410 g/mol. The molecule has 0 aromatic heterocycles. The maximum atomic E-state index is 14.4. The number of ether oxygens (including phenoxy) is 1. The number of morpholine rings is 1. The van der Waals surface area contributed by atoms with Gasteiger partial charge in [0.15, 0.2) is 5.82 Å². The minimum atomic E-state index is -0.498. The molecule has 2 bridgehead atoms. The molecule has 1 amide bonds. The van der Waals surface area contributed by atoms with Gasteiger partial charge in [-0.1, -0.05) is 35.9 Å². The number of carbonyl (C=O) groups is 1. The third-order valence-electron chi connectivity index (χ3n) is 5.75. The number of benzene rings is 3. The number of hydrogen-bond acceptors (Lipinski definition) is 3. The van der Waals surface area contributed by atoms with Crippen LogP contribution in [0.2, 0.25) is 5.02 Å². The van der Waals surface area contributed by atoms with Crippen LogP contribution in [0.5, 0.6) is 0 Å². The maximum absolute atomic E-state index is 14.4. The van der Waals surface area contributed by atoms with E-state index in [0.29, 0.717) is 24.3 Å². The standard InChI is InChI=1S/C23H20ClFN2O2/c1-13-4-2-5-16-19(26-20-7-3-6-18(24)22(20)25)9-8-17(21(13)16)23(28)27-11-14-10-15(12-27)29-14/h2-9,14-15,26H,10-12H2,1H3. The summed E-state index contributed by atoms with van der Waals surface area (Å²) >= 11 is 5.92. The Morgan fingerprint density at radius 2 is 1.83 bits per heavy atom. The highest BCUT2D eigenvalue weighted by Gasteiger charge is 2.40. The van der Waals surface area contributed by atoms with E-state index in [2.05, 4.69) is 5.32 Å². The number of hydrogen-bond donors (Lipinski definition) is 1. The Balaban J connectivity index is 1.56. The molecule has 29 heavy (non-hydrogen) atoms. The van der Waals surface area contributed by atoms with E-state index in [1.165, 1.54) is 6.07 Å². The van der Waals surface area contributed by atoms with Gasteiger partial charge in [0.05, 0.1) is 22.9 Å². The first-order valence-electron chi connectivity index (χ1n) is 9.69. The SMILES string of the molecule is Cc1cccc2c(Nc3cccc(Cl)c3F)ccc(C(=O)N3CC4CC(C3)O4)c12. The largest absolute Gasteiger partial charge is 0.371 e. The molecular weight excluding hydrogens is 391 g/mol. The second kappa shape index (κ2) is 7.01. The molecule has 4 nitrogen and oxygen atoms in total. The van der Waals surface area contributed by atoms with Crippen molar-refractivity contribution in [2.45, 2.75) is 25.6 Å². The van der Waals surface area contributed by atoms with Gasteiger partial charge in [-0.15, -0.1) is 0 Å². The van der Waals surface area contributed by atoms with Gasteiger partial charge in [0.2, 0.25) is 0 Å². The molecule has 3 saturated heterocycles. The summed E-state index contributed by atoms with van der Waals surface area (Å²) < 4.78 is 20.0. The van der Waals surface area contributed by atoms with Crippen molar-refractivity contribution in [3.63, 3.8) is 0 Å². The Bertz CT molecular complexity index is 1120. The molecule has 3 aromatic rings. The van der Waals surface area contributed by atoms with Crippen molar-refractivity contribution in [1.29, 1.82) is 0 Å². The molecule has 6 heteroatoms. The smallest absolute Gasteiger partial charge is 0.254 e. The van der Waals surface area contributed by atoms with Gasteiger partial charge in [-0.05, 0) is 42.1 Å². The Morgan fingerprint density at radius 3 is 2.59 bits per heavy atom. The van der Waals surface area contributed by atoms with Crippen LogP contribution in [0.25, 0.3) is 10.8 Å². The molecule has 0 saturated carbocycles. The quantitative estimate of drug-likeness (QED) is 0.637. The fourth-order valence-corrected chi connectivity index (χ4v) is 4.49. The summed E-state index contributed by atoms with van der Waals surface area (Å²) in [6, 6.07) is 14.4. The van der Waals surface area contributed by atoms with Crippen molar-refractivity contribution in [3.05, 3.63) is 70.5 Å². The number of rotatable bonds is 3. The van der Waals surface area contributed by atoms with Gasteiger partial charge >= 0.3 is 0 Å². The van der Waals surface area contributed by atoms with Crippen LogP contribution in [0.4, 0.5) is 15.8 Å². The predicted octanol–water partition coefficient (Wildman–Crippen LogP) is 5.30. The Hall–Kier alpha value is -2.63. The average molecular weight is 411 g/mol. The number of aryl methyl sites for hydroxylation is 1. The van der Waals surface area contributed by atoms with E-state index in [1.807, 2.05) is 42.2 Å². The highest BCUT2D eigenvalue weighted by molar-refractivity contribution is 6.31. The third-order valence-corrected chi connectivity index (χ3v) is 6.04. The van der Waals surface area contributed by atoms with E-state index in [-0.39, 0.29) is 23.1 Å². The van der Waals surface area contributed by atoms with Gasteiger partial charge in [0, 0.05) is 36.1 Å². The minimum absolute atomic E-state index is 0.0165. The first kappa shape index (κ1) is 18.4. The van der Waals surface area contributed by atoms with Crippen LogP contribution in [-0.2, 0) is 4.74 Å². The Kier molecular flexibility index (Phi) is 4.45. The molecule has 3 heterocycles. The number of fused-ring (bicyclic) bond motifs is 3. The summed E-state index contributed by atoms with van der Waals surface area (Å²) in [6.45, 7) is 3.26. The number of nitrogens with one attached hydrogen (secondary N) is 1. The van der Waals surface area contributed by atoms with Crippen molar-refractivity contribution in [3.8, 4) is 0 Å². The molecule has 0 spiro atoms. The first-order chi connectivity index (χ1) is 14.0. The first-order valence-corrected chi connectivity index (χ1v) is 10.1. The molecule has 0 radical (unpaired) electrons. The molecule has 1 N–H and O–H groups in total.